The molecule has 3 aliphatic rings. The lowest BCUT2D eigenvalue weighted by Gasteiger charge is -2.27. The average molecular weight is 374 g/mol. The first-order chi connectivity index (χ1) is 10.0. The summed E-state index contributed by atoms with van der Waals surface area (Å²) in [6, 6.07) is -0.333. The van der Waals surface area contributed by atoms with E-state index in [4.69, 9.17) is 0 Å². The highest BCUT2D eigenvalue weighted by molar-refractivity contribution is 9.14. The summed E-state index contributed by atoms with van der Waals surface area (Å²) < 4.78 is 0.912. The smallest absolute Gasteiger partial charge is 0.244 e. The van der Waals surface area contributed by atoms with E-state index in [2.05, 4.69) is 26.2 Å². The molecule has 3 heterocycles. The minimum atomic E-state index is -0.477. The van der Waals surface area contributed by atoms with Gasteiger partial charge in [-0.25, -0.2) is 0 Å². The zero-order valence-corrected chi connectivity index (χ0v) is 13.6. The molecule has 0 aromatic carbocycles. The maximum absolute atomic E-state index is 12.3. The van der Waals surface area contributed by atoms with Crippen LogP contribution in [0.1, 0.15) is 12.8 Å². The lowest BCUT2D eigenvalue weighted by Crippen LogP contribution is -2.47. The Kier molecular flexibility index (Phi) is 4.49. The van der Waals surface area contributed by atoms with E-state index in [-0.39, 0.29) is 42.0 Å². The second kappa shape index (κ2) is 6.20. The van der Waals surface area contributed by atoms with Gasteiger partial charge >= 0.3 is 0 Å². The number of aliphatic hydroxyl groups is 1. The van der Waals surface area contributed by atoms with Gasteiger partial charge in [0, 0.05) is 16.3 Å². The number of carbonyl (C=O) groups is 2. The number of amides is 1. The molecule has 6 nitrogen and oxygen atoms in total. The van der Waals surface area contributed by atoms with Gasteiger partial charge in [-0.1, -0.05) is 0 Å². The molecule has 114 valence electrons. The first-order valence-corrected chi connectivity index (χ1v) is 8.53. The van der Waals surface area contributed by atoms with Crippen LogP contribution in [-0.4, -0.2) is 64.6 Å². The Morgan fingerprint density at radius 3 is 3.14 bits per heavy atom. The fourth-order valence-electron chi connectivity index (χ4n) is 2.73. The lowest BCUT2D eigenvalue weighted by atomic mass is 10.1. The Bertz CT molecular complexity index is 525. The number of aliphatic imine (C=N–C) groups is 1. The molecular weight excluding hydrogens is 358 g/mol. The van der Waals surface area contributed by atoms with Gasteiger partial charge in [0.05, 0.1) is 25.0 Å². The fourth-order valence-corrected chi connectivity index (χ4v) is 4.59. The topological polar surface area (TPSA) is 82.0 Å². The van der Waals surface area contributed by atoms with E-state index in [1.54, 1.807) is 0 Å². The predicted octanol–water partition coefficient (Wildman–Crippen LogP) is 0.259. The van der Waals surface area contributed by atoms with Gasteiger partial charge < -0.3 is 10.4 Å². The van der Waals surface area contributed by atoms with E-state index in [1.807, 2.05) is 6.08 Å². The number of thioether (sulfide) groups is 1. The molecule has 0 aliphatic carbocycles. The Labute approximate surface area is 135 Å². The van der Waals surface area contributed by atoms with Gasteiger partial charge in [0.25, 0.3) is 0 Å². The van der Waals surface area contributed by atoms with Crippen LogP contribution in [0.3, 0.4) is 0 Å². The number of hydrogen-bond acceptors (Lipinski definition) is 6. The molecule has 21 heavy (non-hydrogen) atoms. The summed E-state index contributed by atoms with van der Waals surface area (Å²) in [5.74, 6) is -0.152. The van der Waals surface area contributed by atoms with Crippen molar-refractivity contribution in [3.05, 3.63) is 9.89 Å². The van der Waals surface area contributed by atoms with E-state index < -0.39 is 6.10 Å². The predicted molar refractivity (Wildman–Crippen MR) is 84.4 cm³/mol. The van der Waals surface area contributed by atoms with Crippen molar-refractivity contribution in [3.8, 4) is 0 Å². The molecule has 1 fully saturated rings. The summed E-state index contributed by atoms with van der Waals surface area (Å²) in [5.41, 5.74) is 0. The zero-order chi connectivity index (χ0) is 15.0. The van der Waals surface area contributed by atoms with Gasteiger partial charge in [-0.15, -0.1) is 11.8 Å². The Hall–Kier alpha value is -0.700. The van der Waals surface area contributed by atoms with Gasteiger partial charge in [-0.2, -0.15) is 0 Å². The number of aliphatic hydroxyl groups excluding tert-OH is 1. The number of halogens is 1. The van der Waals surface area contributed by atoms with Crippen molar-refractivity contribution in [2.75, 3.05) is 13.1 Å². The van der Waals surface area contributed by atoms with Gasteiger partial charge in [0.15, 0.2) is 5.78 Å². The van der Waals surface area contributed by atoms with Crippen molar-refractivity contribution in [1.29, 1.82) is 0 Å². The SMILES string of the molecule is O=C(C[C@@H]1NCC[C@H]1O)CN1C=NC2C=C(Br)SC2C1=O. The molecule has 1 saturated heterocycles. The van der Waals surface area contributed by atoms with Crippen molar-refractivity contribution in [1.82, 2.24) is 10.2 Å². The molecule has 0 spiro atoms. The van der Waals surface area contributed by atoms with E-state index in [0.29, 0.717) is 6.42 Å². The van der Waals surface area contributed by atoms with Crippen molar-refractivity contribution in [3.63, 3.8) is 0 Å². The Morgan fingerprint density at radius 1 is 1.62 bits per heavy atom. The standard InChI is InChI=1S/C13H16BrN3O3S/c14-11-4-9-12(21-11)13(20)17(6-16-9)5-7(18)3-8-10(19)1-2-15-8/h4,6,8-10,12,15,19H,1-3,5H2/t8-,9?,10+,12?/m0/s1. The second-order valence-corrected chi connectivity index (χ2v) is 7.95. The van der Waals surface area contributed by atoms with Crippen molar-refractivity contribution < 1.29 is 14.7 Å². The summed E-state index contributed by atoms with van der Waals surface area (Å²) in [7, 11) is 0. The number of nitrogens with one attached hydrogen (secondary N) is 1. The number of ketones is 1. The number of nitrogens with zero attached hydrogens (tertiary/aromatic N) is 2. The maximum Gasteiger partial charge on any atom is 0.244 e. The number of hydrogen-bond donors (Lipinski definition) is 2. The third kappa shape index (κ3) is 3.23. The zero-order valence-electron chi connectivity index (χ0n) is 11.2. The van der Waals surface area contributed by atoms with E-state index in [1.165, 1.54) is 23.0 Å². The molecule has 1 amide bonds. The molecule has 0 aromatic rings. The summed E-state index contributed by atoms with van der Waals surface area (Å²) in [5, 5.41) is 12.5. The third-order valence-corrected chi connectivity index (χ3v) is 5.78. The lowest BCUT2D eigenvalue weighted by molar-refractivity contribution is -0.131. The highest BCUT2D eigenvalue weighted by Gasteiger charge is 2.39. The quantitative estimate of drug-likeness (QED) is 0.738. The van der Waals surface area contributed by atoms with E-state index in [9.17, 15) is 14.7 Å². The number of carbonyl (C=O) groups excluding carboxylic acids is 2. The molecule has 3 rings (SSSR count). The molecule has 4 atom stereocenters. The summed E-state index contributed by atoms with van der Waals surface area (Å²) >= 11 is 4.80. The molecule has 0 aromatic heterocycles. The summed E-state index contributed by atoms with van der Waals surface area (Å²) in [6.45, 7) is 0.748. The Balaban J connectivity index is 1.57. The molecule has 3 aliphatic heterocycles. The van der Waals surface area contributed by atoms with Crippen LogP contribution in [0.5, 0.6) is 0 Å². The van der Waals surface area contributed by atoms with Crippen molar-refractivity contribution in [2.45, 2.75) is 36.3 Å². The van der Waals surface area contributed by atoms with Crippen LogP contribution < -0.4 is 5.32 Å². The van der Waals surface area contributed by atoms with Crippen LogP contribution in [-0.2, 0) is 9.59 Å². The van der Waals surface area contributed by atoms with Gasteiger partial charge in [0.2, 0.25) is 5.91 Å². The maximum atomic E-state index is 12.3. The van der Waals surface area contributed by atoms with Crippen LogP contribution in [0.25, 0.3) is 0 Å². The van der Waals surface area contributed by atoms with Crippen molar-refractivity contribution >= 4 is 45.7 Å². The highest BCUT2D eigenvalue weighted by atomic mass is 79.9. The second-order valence-electron chi connectivity index (χ2n) is 5.39. The van der Waals surface area contributed by atoms with Crippen LogP contribution in [0.15, 0.2) is 14.9 Å². The van der Waals surface area contributed by atoms with E-state index >= 15 is 0 Å². The molecular formula is C13H16BrN3O3S. The minimum absolute atomic E-state index is 0.0225. The third-order valence-electron chi connectivity index (χ3n) is 3.86. The fraction of sp³-hybridized carbons (Fsp3) is 0.615. The van der Waals surface area contributed by atoms with Gasteiger partial charge in [-0.05, 0) is 35.0 Å². The first-order valence-electron chi connectivity index (χ1n) is 6.85. The van der Waals surface area contributed by atoms with Crippen LogP contribution in [0.4, 0.5) is 0 Å². The molecule has 2 N–H and O–H groups in total. The molecule has 2 unspecified atom stereocenters. The number of Topliss-reactive ketones (excluding diaryl/α,β-unsaturated/α-hetero) is 1. The largest absolute Gasteiger partial charge is 0.391 e. The molecule has 0 saturated carbocycles. The minimum Gasteiger partial charge on any atom is -0.391 e. The molecule has 0 bridgehead atoms. The summed E-state index contributed by atoms with van der Waals surface area (Å²) in [4.78, 5) is 30.1. The van der Waals surface area contributed by atoms with Crippen LogP contribution in [0, 0.1) is 0 Å². The van der Waals surface area contributed by atoms with Crippen molar-refractivity contribution in [2.24, 2.45) is 4.99 Å². The Morgan fingerprint density at radius 2 is 2.43 bits per heavy atom. The monoisotopic (exact) mass is 373 g/mol. The highest BCUT2D eigenvalue weighted by Crippen LogP contribution is 2.39. The average Bonchev–Trinajstić information content (AvgIpc) is 3.00. The van der Waals surface area contributed by atoms with Crippen LogP contribution >= 0.6 is 27.7 Å². The number of fused-ring (bicyclic) bond motifs is 1. The van der Waals surface area contributed by atoms with Crippen LogP contribution in [0.2, 0.25) is 0 Å². The normalized spacial score (nSPS) is 35.0. The van der Waals surface area contributed by atoms with Gasteiger partial charge in [0.1, 0.15) is 5.25 Å². The first kappa shape index (κ1) is 15.2. The van der Waals surface area contributed by atoms with E-state index in [0.717, 1.165) is 10.4 Å². The molecule has 0 radical (unpaired) electrons. The summed E-state index contributed by atoms with van der Waals surface area (Å²) in [6.07, 6.45) is 3.79. The molecule has 8 heteroatoms. The number of rotatable bonds is 4. The van der Waals surface area contributed by atoms with Gasteiger partial charge in [-0.3, -0.25) is 19.5 Å².